The average Bonchev–Trinajstić information content (AvgIpc) is 2.64. The number of nitrogens with two attached hydrogens (primary N) is 1. The van der Waals surface area contributed by atoms with Gasteiger partial charge < -0.3 is 21.3 Å². The molecule has 11 heteroatoms. The Bertz CT molecular complexity index is 784. The zero-order valence-corrected chi connectivity index (χ0v) is 15.0. The van der Waals surface area contributed by atoms with Crippen LogP contribution in [0.3, 0.4) is 0 Å². The van der Waals surface area contributed by atoms with E-state index in [0.717, 1.165) is 11.8 Å². The van der Waals surface area contributed by atoms with Crippen LogP contribution in [0.4, 0.5) is 0 Å². The second-order valence-corrected chi connectivity index (χ2v) is 6.88. The van der Waals surface area contributed by atoms with E-state index in [1.807, 2.05) is 0 Å². The lowest BCUT2D eigenvalue weighted by atomic mass is 10.1. The smallest absolute Gasteiger partial charge is 0.354 e. The predicted molar refractivity (Wildman–Crippen MR) is 97.2 cm³/mol. The predicted octanol–water partition coefficient (Wildman–Crippen LogP) is 0.671. The molecule has 1 aromatic rings. The number of carbonyl (C=O) groups excluding carboxylic acids is 1. The third-order valence-electron chi connectivity index (χ3n) is 3.91. The largest absolute Gasteiger partial charge is 0.479 e. The zero-order valence-electron chi connectivity index (χ0n) is 14.2. The third kappa shape index (κ3) is 4.44. The van der Waals surface area contributed by atoms with E-state index in [0.29, 0.717) is 16.1 Å². The maximum absolute atomic E-state index is 12.5. The Labute approximate surface area is 158 Å². The van der Waals surface area contributed by atoms with Gasteiger partial charge in [0.25, 0.3) is 0 Å². The van der Waals surface area contributed by atoms with Crippen molar-refractivity contribution in [2.75, 3.05) is 5.75 Å². The molecule has 0 aliphatic carbocycles. The fraction of sp³-hybridized carbons (Fsp3) is 0.312. The summed E-state index contributed by atoms with van der Waals surface area (Å²) in [6, 6.07) is 5.29. The van der Waals surface area contributed by atoms with Crippen LogP contribution in [0.2, 0.25) is 0 Å². The maximum Gasteiger partial charge on any atom is 0.354 e. The molecule has 10 nitrogen and oxygen atoms in total. The highest BCUT2D eigenvalue weighted by Gasteiger charge is 2.40. The molecule has 1 heterocycles. The number of amides is 1. The molecule has 2 rings (SSSR count). The number of carbonyl (C=O) groups is 3. The second-order valence-electron chi connectivity index (χ2n) is 5.78. The molecule has 3 unspecified atom stereocenters. The van der Waals surface area contributed by atoms with Crippen LogP contribution in [0, 0.1) is 4.91 Å². The van der Waals surface area contributed by atoms with Crippen molar-refractivity contribution in [3.63, 3.8) is 0 Å². The van der Waals surface area contributed by atoms with Crippen molar-refractivity contribution < 1.29 is 24.6 Å². The summed E-state index contributed by atoms with van der Waals surface area (Å²) < 4.78 is 0. The van der Waals surface area contributed by atoms with Crippen LogP contribution in [0.15, 0.2) is 46.9 Å². The van der Waals surface area contributed by atoms with Crippen LogP contribution in [0.25, 0.3) is 0 Å². The van der Waals surface area contributed by atoms with Crippen molar-refractivity contribution in [3.05, 3.63) is 52.1 Å². The van der Waals surface area contributed by atoms with E-state index >= 15 is 0 Å². The Balaban J connectivity index is 2.22. The normalized spacial score (nSPS) is 19.2. The Morgan fingerprint density at radius 1 is 1.30 bits per heavy atom. The van der Waals surface area contributed by atoms with Gasteiger partial charge >= 0.3 is 11.9 Å². The number of carboxylic acid groups (broad SMARTS) is 2. The van der Waals surface area contributed by atoms with Gasteiger partial charge in [0.1, 0.15) is 17.1 Å². The van der Waals surface area contributed by atoms with E-state index < -0.39 is 35.3 Å². The number of carboxylic acids is 2. The van der Waals surface area contributed by atoms with Gasteiger partial charge in [0.2, 0.25) is 5.91 Å². The van der Waals surface area contributed by atoms with Crippen LogP contribution < -0.4 is 11.1 Å². The molecule has 1 amide bonds. The van der Waals surface area contributed by atoms with E-state index in [4.69, 9.17) is 5.73 Å². The van der Waals surface area contributed by atoms with Gasteiger partial charge in [-0.25, -0.2) is 14.6 Å². The van der Waals surface area contributed by atoms with Crippen molar-refractivity contribution in [3.8, 4) is 0 Å². The van der Waals surface area contributed by atoms with Crippen molar-refractivity contribution in [2.45, 2.75) is 24.4 Å². The third-order valence-corrected chi connectivity index (χ3v) is 5.35. The molecule has 0 bridgehead atoms. The van der Waals surface area contributed by atoms with Crippen LogP contribution in [0.5, 0.6) is 0 Å². The van der Waals surface area contributed by atoms with E-state index in [2.05, 4.69) is 10.6 Å². The Hall–Kier alpha value is -2.92. The molecular formula is C16H18N4O6S. The highest BCUT2D eigenvalue weighted by atomic mass is 32.2. The molecule has 3 atom stereocenters. The van der Waals surface area contributed by atoms with Gasteiger partial charge in [-0.1, -0.05) is 30.3 Å². The number of nitrogens with one attached hydrogen (secondary N) is 1. The molecule has 5 N–H and O–H groups in total. The lowest BCUT2D eigenvalue weighted by molar-refractivity contribution is -0.142. The number of nitrogens with zero attached hydrogens (tertiary/aromatic N) is 2. The van der Waals surface area contributed by atoms with Gasteiger partial charge in [-0.15, -0.1) is 16.7 Å². The lowest BCUT2D eigenvalue weighted by Crippen LogP contribution is -2.55. The summed E-state index contributed by atoms with van der Waals surface area (Å²) in [7, 11) is 0. The number of rotatable bonds is 7. The summed E-state index contributed by atoms with van der Waals surface area (Å²) >= 11 is 1.07. The molecule has 0 saturated carbocycles. The molecule has 1 aromatic carbocycles. The quantitative estimate of drug-likeness (QED) is 0.487. The molecule has 144 valence electrons. The zero-order chi connectivity index (χ0) is 20.1. The van der Waals surface area contributed by atoms with E-state index in [-0.39, 0.29) is 11.4 Å². The van der Waals surface area contributed by atoms with Crippen LogP contribution in [-0.4, -0.2) is 50.2 Å². The summed E-state index contributed by atoms with van der Waals surface area (Å²) in [5.41, 5.74) is 6.32. The van der Waals surface area contributed by atoms with Gasteiger partial charge in [-0.2, -0.15) is 0 Å². The van der Waals surface area contributed by atoms with E-state index in [1.165, 1.54) is 19.1 Å². The first kappa shape index (κ1) is 20.4. The minimum absolute atomic E-state index is 0.236. The number of benzene rings is 1. The first-order valence-electron chi connectivity index (χ1n) is 7.78. The standard InChI is InChI=1S/C16H18N4O6S/c1-8-7-27-14(20(19-26)12(8)16(24)25)10(17)13(21)18-11(15(22)23)9-5-3-2-4-6-9/h2-6,10-11,14H,7,17H2,1H3,(H,18,21)(H,22,23)(H,24,25). The van der Waals surface area contributed by atoms with Crippen molar-refractivity contribution in [1.82, 2.24) is 10.3 Å². The molecule has 27 heavy (non-hydrogen) atoms. The number of aliphatic carboxylic acids is 2. The van der Waals surface area contributed by atoms with Gasteiger partial charge in [0, 0.05) is 5.75 Å². The Morgan fingerprint density at radius 2 is 1.93 bits per heavy atom. The average molecular weight is 394 g/mol. The molecule has 0 saturated heterocycles. The number of hydrogen-bond donors (Lipinski definition) is 4. The van der Waals surface area contributed by atoms with Gasteiger partial charge in [-0.3, -0.25) is 4.79 Å². The first-order chi connectivity index (χ1) is 12.8. The summed E-state index contributed by atoms with van der Waals surface area (Å²) in [5.74, 6) is -3.26. The molecule has 0 radical (unpaired) electrons. The Morgan fingerprint density at radius 3 is 2.44 bits per heavy atom. The highest BCUT2D eigenvalue weighted by Crippen LogP contribution is 2.32. The van der Waals surface area contributed by atoms with Gasteiger partial charge in [0.15, 0.2) is 6.04 Å². The van der Waals surface area contributed by atoms with Crippen LogP contribution in [-0.2, 0) is 14.4 Å². The Kier molecular flexibility index (Phi) is 6.53. The van der Waals surface area contributed by atoms with Crippen molar-refractivity contribution >= 4 is 29.6 Å². The molecule has 0 spiro atoms. The number of thioether (sulfide) groups is 1. The van der Waals surface area contributed by atoms with Gasteiger partial charge in [0.05, 0.1) is 5.29 Å². The minimum atomic E-state index is -1.39. The van der Waals surface area contributed by atoms with E-state index in [9.17, 15) is 29.5 Å². The van der Waals surface area contributed by atoms with E-state index in [1.54, 1.807) is 18.2 Å². The minimum Gasteiger partial charge on any atom is -0.479 e. The summed E-state index contributed by atoms with van der Waals surface area (Å²) in [6.45, 7) is 1.53. The maximum atomic E-state index is 12.5. The highest BCUT2D eigenvalue weighted by molar-refractivity contribution is 8.00. The van der Waals surface area contributed by atoms with Crippen LogP contribution >= 0.6 is 11.8 Å². The van der Waals surface area contributed by atoms with Crippen LogP contribution in [0.1, 0.15) is 18.5 Å². The first-order valence-corrected chi connectivity index (χ1v) is 8.83. The van der Waals surface area contributed by atoms with Gasteiger partial charge in [-0.05, 0) is 18.1 Å². The summed E-state index contributed by atoms with van der Waals surface area (Å²) in [5, 5.41) is 23.3. The van der Waals surface area contributed by atoms with Crippen molar-refractivity contribution in [1.29, 1.82) is 0 Å². The monoisotopic (exact) mass is 394 g/mol. The summed E-state index contributed by atoms with van der Waals surface area (Å²) in [6.07, 6.45) is 0. The fourth-order valence-electron chi connectivity index (χ4n) is 2.60. The second kappa shape index (κ2) is 8.64. The summed E-state index contributed by atoms with van der Waals surface area (Å²) in [4.78, 5) is 46.6. The molecular weight excluding hydrogens is 376 g/mol. The molecule has 1 aliphatic rings. The molecule has 0 fully saturated rings. The molecule has 1 aliphatic heterocycles. The SMILES string of the molecule is CC1=C(C(=O)O)N(N=O)C(C(N)C(=O)NC(C(=O)O)c2ccccc2)SC1. The lowest BCUT2D eigenvalue weighted by Gasteiger charge is -2.34. The topological polar surface area (TPSA) is 162 Å². The molecule has 0 aromatic heterocycles. The van der Waals surface area contributed by atoms with Crippen molar-refractivity contribution in [2.24, 2.45) is 11.0 Å². The fourth-order valence-corrected chi connectivity index (χ4v) is 3.77. The number of hydrogen-bond acceptors (Lipinski definition) is 7. The number of nitroso groups, excluding NO2 is 1.